The molecule has 0 aliphatic rings. The Morgan fingerprint density at radius 1 is 1.41 bits per heavy atom. The molecule has 5 nitrogen and oxygen atoms in total. The zero-order valence-corrected chi connectivity index (χ0v) is 13.9. The van der Waals surface area contributed by atoms with E-state index in [0.29, 0.717) is 5.13 Å². The van der Waals surface area contributed by atoms with Crippen LogP contribution in [0.5, 0.6) is 0 Å². The highest BCUT2D eigenvalue weighted by atomic mass is 32.1. The number of thiazole rings is 1. The van der Waals surface area contributed by atoms with Crippen molar-refractivity contribution in [3.8, 4) is 0 Å². The Balaban J connectivity index is 1.97. The number of hydrogen-bond donors (Lipinski definition) is 2. The number of amides is 1. The van der Waals surface area contributed by atoms with Crippen molar-refractivity contribution >= 4 is 45.8 Å². The van der Waals surface area contributed by atoms with Gasteiger partial charge in [0.2, 0.25) is 5.91 Å². The number of hydrogen-bond acceptors (Lipinski definition) is 5. The second-order valence-electron chi connectivity index (χ2n) is 4.76. The van der Waals surface area contributed by atoms with Crippen LogP contribution in [0.25, 0.3) is 6.08 Å². The summed E-state index contributed by atoms with van der Waals surface area (Å²) in [5.74, 6) is -1.06. The molecule has 0 atom stereocenters. The summed E-state index contributed by atoms with van der Waals surface area (Å²) in [6.07, 6.45) is 4.42. The van der Waals surface area contributed by atoms with Crippen LogP contribution in [0.3, 0.4) is 0 Å². The third-order valence-electron chi connectivity index (χ3n) is 2.85. The van der Waals surface area contributed by atoms with E-state index in [1.807, 2.05) is 12.3 Å². The van der Waals surface area contributed by atoms with Crippen LogP contribution in [0.4, 0.5) is 5.13 Å². The standard InChI is InChI=1S/C15H16N2O3S2/c1-9-7-12(22-13(9)5-6-14(19)20)4-3-11-8-21-15(17-11)16-10(2)18/h5-8H,3-4H2,1-2H3,(H,19,20)(H,16,17,18). The molecule has 0 aliphatic carbocycles. The topological polar surface area (TPSA) is 79.3 Å². The van der Waals surface area contributed by atoms with Gasteiger partial charge < -0.3 is 10.4 Å². The smallest absolute Gasteiger partial charge is 0.328 e. The molecule has 22 heavy (non-hydrogen) atoms. The monoisotopic (exact) mass is 336 g/mol. The minimum Gasteiger partial charge on any atom is -0.478 e. The highest BCUT2D eigenvalue weighted by Gasteiger charge is 2.07. The van der Waals surface area contributed by atoms with Crippen LogP contribution in [-0.4, -0.2) is 22.0 Å². The van der Waals surface area contributed by atoms with E-state index in [-0.39, 0.29) is 5.91 Å². The van der Waals surface area contributed by atoms with Crippen molar-refractivity contribution in [2.24, 2.45) is 0 Å². The number of rotatable bonds is 6. The van der Waals surface area contributed by atoms with Crippen molar-refractivity contribution in [2.75, 3.05) is 5.32 Å². The van der Waals surface area contributed by atoms with Crippen LogP contribution in [0.1, 0.15) is 27.9 Å². The number of nitrogens with one attached hydrogen (secondary N) is 1. The number of nitrogens with zero attached hydrogens (tertiary/aromatic N) is 1. The van der Waals surface area contributed by atoms with Crippen molar-refractivity contribution < 1.29 is 14.7 Å². The molecule has 2 aromatic rings. The van der Waals surface area contributed by atoms with Gasteiger partial charge in [0, 0.05) is 28.1 Å². The molecule has 0 unspecified atom stereocenters. The molecule has 1 amide bonds. The first-order valence-electron chi connectivity index (χ1n) is 6.66. The fraction of sp³-hybridized carbons (Fsp3) is 0.267. The van der Waals surface area contributed by atoms with Crippen molar-refractivity contribution in [1.29, 1.82) is 0 Å². The molecule has 116 valence electrons. The molecule has 2 N–H and O–H groups in total. The van der Waals surface area contributed by atoms with Gasteiger partial charge in [0.15, 0.2) is 5.13 Å². The van der Waals surface area contributed by atoms with Crippen LogP contribution in [-0.2, 0) is 22.4 Å². The maximum absolute atomic E-state index is 11.0. The first-order chi connectivity index (χ1) is 10.4. The summed E-state index contributed by atoms with van der Waals surface area (Å²) in [6.45, 7) is 3.43. The normalized spacial score (nSPS) is 11.0. The van der Waals surface area contributed by atoms with Gasteiger partial charge in [-0.05, 0) is 37.5 Å². The van der Waals surface area contributed by atoms with Gasteiger partial charge in [-0.25, -0.2) is 9.78 Å². The predicted octanol–water partition coefficient (Wildman–Crippen LogP) is 3.35. The zero-order chi connectivity index (χ0) is 16.1. The lowest BCUT2D eigenvalue weighted by Crippen LogP contribution is -2.05. The molecule has 2 heterocycles. The van der Waals surface area contributed by atoms with E-state index in [1.165, 1.54) is 23.1 Å². The third kappa shape index (κ3) is 4.78. The molecule has 0 fully saturated rings. The van der Waals surface area contributed by atoms with Gasteiger partial charge in [0.25, 0.3) is 0 Å². The zero-order valence-electron chi connectivity index (χ0n) is 12.3. The summed E-state index contributed by atoms with van der Waals surface area (Å²) in [5.41, 5.74) is 2.03. The van der Waals surface area contributed by atoms with Crippen molar-refractivity contribution in [2.45, 2.75) is 26.7 Å². The molecule has 0 spiro atoms. The lowest BCUT2D eigenvalue weighted by Gasteiger charge is -1.95. The van der Waals surface area contributed by atoms with Crippen molar-refractivity contribution in [3.05, 3.63) is 38.5 Å². The average molecular weight is 336 g/mol. The molecule has 0 bridgehead atoms. The van der Waals surface area contributed by atoms with E-state index < -0.39 is 5.97 Å². The van der Waals surface area contributed by atoms with Gasteiger partial charge in [-0.2, -0.15) is 0 Å². The van der Waals surface area contributed by atoms with Crippen molar-refractivity contribution in [3.63, 3.8) is 0 Å². The summed E-state index contributed by atoms with van der Waals surface area (Å²) in [7, 11) is 0. The second-order valence-corrected chi connectivity index (χ2v) is 6.78. The maximum Gasteiger partial charge on any atom is 0.328 e. The molecular weight excluding hydrogens is 320 g/mol. The van der Waals surface area contributed by atoms with Gasteiger partial charge in [-0.3, -0.25) is 4.79 Å². The van der Waals surface area contributed by atoms with E-state index in [2.05, 4.69) is 16.4 Å². The highest BCUT2D eigenvalue weighted by Crippen LogP contribution is 2.25. The van der Waals surface area contributed by atoms with Gasteiger partial charge in [-0.1, -0.05) is 0 Å². The van der Waals surface area contributed by atoms with Gasteiger partial charge in [0.1, 0.15) is 0 Å². The summed E-state index contributed by atoms with van der Waals surface area (Å²) < 4.78 is 0. The summed E-state index contributed by atoms with van der Waals surface area (Å²) in [6, 6.07) is 2.08. The molecule has 0 aliphatic heterocycles. The van der Waals surface area contributed by atoms with Crippen LogP contribution in [0.15, 0.2) is 17.5 Å². The number of carbonyl (C=O) groups is 2. The van der Waals surface area contributed by atoms with Gasteiger partial charge in [-0.15, -0.1) is 22.7 Å². The maximum atomic E-state index is 11.0. The fourth-order valence-electron chi connectivity index (χ4n) is 1.88. The molecule has 0 saturated carbocycles. The third-order valence-corrected chi connectivity index (χ3v) is 4.92. The fourth-order valence-corrected chi connectivity index (χ4v) is 3.75. The van der Waals surface area contributed by atoms with E-state index in [0.717, 1.165) is 35.1 Å². The first-order valence-corrected chi connectivity index (χ1v) is 8.36. The van der Waals surface area contributed by atoms with Crippen LogP contribution >= 0.6 is 22.7 Å². The highest BCUT2D eigenvalue weighted by molar-refractivity contribution is 7.14. The number of aryl methyl sites for hydroxylation is 3. The Bertz CT molecular complexity index is 716. The lowest BCUT2D eigenvalue weighted by atomic mass is 10.2. The number of carbonyl (C=O) groups excluding carboxylic acids is 1. The largest absolute Gasteiger partial charge is 0.478 e. The summed E-state index contributed by atoms with van der Waals surface area (Å²) >= 11 is 3.01. The van der Waals surface area contributed by atoms with Gasteiger partial charge in [0.05, 0.1) is 5.69 Å². The van der Waals surface area contributed by atoms with Crippen LogP contribution in [0, 0.1) is 6.92 Å². The number of carboxylic acid groups (broad SMARTS) is 1. The number of anilines is 1. The molecule has 0 radical (unpaired) electrons. The quantitative estimate of drug-likeness (QED) is 0.793. The SMILES string of the molecule is CC(=O)Nc1nc(CCc2cc(C)c(C=CC(=O)O)s2)cs1. The number of thiophene rings is 1. The molecular formula is C15H16N2O3S2. The Morgan fingerprint density at radius 2 is 2.18 bits per heavy atom. The lowest BCUT2D eigenvalue weighted by molar-refractivity contribution is -0.131. The van der Waals surface area contributed by atoms with Crippen LogP contribution < -0.4 is 5.32 Å². The molecule has 2 aromatic heterocycles. The van der Waals surface area contributed by atoms with Crippen LogP contribution in [0.2, 0.25) is 0 Å². The number of carboxylic acids is 1. The molecule has 0 saturated heterocycles. The Morgan fingerprint density at radius 3 is 2.86 bits per heavy atom. The number of aliphatic carboxylic acids is 1. The minimum absolute atomic E-state index is 0.121. The first kappa shape index (κ1) is 16.4. The minimum atomic E-state index is -0.942. The number of aromatic nitrogens is 1. The predicted molar refractivity (Wildman–Crippen MR) is 89.6 cm³/mol. The van der Waals surface area contributed by atoms with E-state index >= 15 is 0 Å². The van der Waals surface area contributed by atoms with E-state index in [4.69, 9.17) is 5.11 Å². The van der Waals surface area contributed by atoms with E-state index in [9.17, 15) is 9.59 Å². The van der Waals surface area contributed by atoms with Crippen molar-refractivity contribution in [1.82, 2.24) is 4.98 Å². The Hall–Kier alpha value is -1.99. The average Bonchev–Trinajstić information content (AvgIpc) is 3.00. The molecule has 7 heteroatoms. The van der Waals surface area contributed by atoms with Gasteiger partial charge >= 0.3 is 5.97 Å². The Labute approximate surface area is 136 Å². The summed E-state index contributed by atoms with van der Waals surface area (Å²) in [4.78, 5) is 28.0. The Kier molecular flexibility index (Phi) is 5.46. The molecule has 0 aromatic carbocycles. The summed E-state index contributed by atoms with van der Waals surface area (Å²) in [5, 5.41) is 13.9. The molecule has 2 rings (SSSR count). The second kappa shape index (κ2) is 7.33. The van der Waals surface area contributed by atoms with E-state index in [1.54, 1.807) is 17.4 Å².